The monoisotopic (exact) mass is 281 g/mol. The summed E-state index contributed by atoms with van der Waals surface area (Å²) < 4.78 is 6.67. The van der Waals surface area contributed by atoms with Crippen molar-refractivity contribution < 1.29 is 4.74 Å². The Morgan fingerprint density at radius 3 is 2.94 bits per heavy atom. The molecule has 0 aliphatic heterocycles. The van der Waals surface area contributed by atoms with Gasteiger partial charge in [0.25, 0.3) is 0 Å². The summed E-state index contributed by atoms with van der Waals surface area (Å²) in [6, 6.07) is 5.85. The summed E-state index contributed by atoms with van der Waals surface area (Å²) in [6.07, 6.45) is 6.78. The Balaban J connectivity index is 2.69. The summed E-state index contributed by atoms with van der Waals surface area (Å²) in [5.41, 5.74) is 6.88. The lowest BCUT2D eigenvalue weighted by molar-refractivity contribution is 0.308. The molecule has 0 aliphatic carbocycles. The fourth-order valence-corrected chi connectivity index (χ4v) is 1.71. The summed E-state index contributed by atoms with van der Waals surface area (Å²) in [5.74, 6) is 3.42. The molecule has 0 heterocycles. The molecule has 2 N–H and O–H groups in total. The number of benzene rings is 1. The molecule has 0 fully saturated rings. The highest BCUT2D eigenvalue weighted by Crippen LogP contribution is 2.27. The van der Waals surface area contributed by atoms with Crippen LogP contribution in [0.15, 0.2) is 22.7 Å². The van der Waals surface area contributed by atoms with Crippen molar-refractivity contribution in [1.29, 1.82) is 0 Å². The highest BCUT2D eigenvalue weighted by molar-refractivity contribution is 9.10. The van der Waals surface area contributed by atoms with Gasteiger partial charge in [0.05, 0.1) is 6.61 Å². The average Bonchev–Trinajstić information content (AvgIpc) is 2.24. The van der Waals surface area contributed by atoms with E-state index in [-0.39, 0.29) is 6.04 Å². The van der Waals surface area contributed by atoms with Crippen molar-refractivity contribution in [3.05, 3.63) is 28.2 Å². The van der Waals surface area contributed by atoms with Crippen molar-refractivity contribution in [2.24, 2.45) is 5.73 Å². The third kappa shape index (κ3) is 3.88. The van der Waals surface area contributed by atoms with Gasteiger partial charge in [0.1, 0.15) is 5.75 Å². The normalized spacial score (nSPS) is 11.9. The van der Waals surface area contributed by atoms with E-state index in [4.69, 9.17) is 16.9 Å². The molecule has 0 radical (unpaired) electrons. The summed E-state index contributed by atoms with van der Waals surface area (Å²) in [6.45, 7) is 2.57. The molecule has 0 saturated heterocycles. The first-order valence-electron chi connectivity index (χ1n) is 5.26. The number of ether oxygens (including phenoxy) is 1. The Kier molecular flexibility index (Phi) is 5.37. The van der Waals surface area contributed by atoms with Crippen LogP contribution < -0.4 is 10.5 Å². The molecule has 1 aromatic carbocycles. The van der Waals surface area contributed by atoms with Crippen molar-refractivity contribution >= 4 is 15.9 Å². The maximum absolute atomic E-state index is 5.87. The van der Waals surface area contributed by atoms with Crippen LogP contribution in [0.5, 0.6) is 5.75 Å². The number of terminal acetylenes is 1. The van der Waals surface area contributed by atoms with E-state index in [2.05, 4.69) is 21.9 Å². The molecule has 2 nitrogen and oxygen atoms in total. The van der Waals surface area contributed by atoms with Crippen LogP contribution in [0.25, 0.3) is 0 Å². The van der Waals surface area contributed by atoms with E-state index in [1.54, 1.807) is 0 Å². The SMILES string of the molecule is C#CCCCOc1cc(Br)ccc1[C@@H](C)N. The first kappa shape index (κ1) is 13.1. The van der Waals surface area contributed by atoms with Crippen LogP contribution in [0.2, 0.25) is 0 Å². The maximum Gasteiger partial charge on any atom is 0.125 e. The molecule has 0 aromatic heterocycles. The van der Waals surface area contributed by atoms with E-state index >= 15 is 0 Å². The molecule has 0 unspecified atom stereocenters. The summed E-state index contributed by atoms with van der Waals surface area (Å²) in [7, 11) is 0. The zero-order chi connectivity index (χ0) is 12.0. The van der Waals surface area contributed by atoms with Gasteiger partial charge in [-0.05, 0) is 25.5 Å². The van der Waals surface area contributed by atoms with Gasteiger partial charge in [-0.15, -0.1) is 12.3 Å². The summed E-state index contributed by atoms with van der Waals surface area (Å²) in [5, 5.41) is 0. The smallest absolute Gasteiger partial charge is 0.125 e. The Labute approximate surface area is 105 Å². The topological polar surface area (TPSA) is 35.2 Å². The molecule has 0 amide bonds. The first-order valence-corrected chi connectivity index (χ1v) is 6.05. The van der Waals surface area contributed by atoms with Gasteiger partial charge in [0.15, 0.2) is 0 Å². The van der Waals surface area contributed by atoms with Crippen LogP contribution in [0.1, 0.15) is 31.4 Å². The number of unbranched alkanes of at least 4 members (excludes halogenated alkanes) is 1. The van der Waals surface area contributed by atoms with Crippen molar-refractivity contribution in [3.63, 3.8) is 0 Å². The van der Waals surface area contributed by atoms with Gasteiger partial charge in [-0.25, -0.2) is 0 Å². The van der Waals surface area contributed by atoms with Crippen LogP contribution in [0.3, 0.4) is 0 Å². The molecule has 1 rings (SSSR count). The quantitative estimate of drug-likeness (QED) is 0.664. The fourth-order valence-electron chi connectivity index (χ4n) is 1.37. The highest BCUT2D eigenvalue weighted by Gasteiger charge is 2.08. The fraction of sp³-hybridized carbons (Fsp3) is 0.385. The van der Waals surface area contributed by atoms with Crippen LogP contribution in [-0.2, 0) is 0 Å². The van der Waals surface area contributed by atoms with E-state index in [1.165, 1.54) is 0 Å². The van der Waals surface area contributed by atoms with Gasteiger partial charge in [-0.3, -0.25) is 0 Å². The standard InChI is InChI=1S/C13H16BrNO/c1-3-4-5-8-16-13-9-11(14)6-7-12(13)10(2)15/h1,6-7,9-10H,4-5,8,15H2,2H3/t10-/m1/s1. The summed E-state index contributed by atoms with van der Waals surface area (Å²) >= 11 is 3.41. The van der Waals surface area contributed by atoms with Crippen molar-refractivity contribution in [1.82, 2.24) is 0 Å². The second-order valence-electron chi connectivity index (χ2n) is 3.63. The van der Waals surface area contributed by atoms with E-state index in [9.17, 15) is 0 Å². The van der Waals surface area contributed by atoms with Gasteiger partial charge < -0.3 is 10.5 Å². The van der Waals surface area contributed by atoms with Crippen LogP contribution >= 0.6 is 15.9 Å². The zero-order valence-electron chi connectivity index (χ0n) is 9.37. The van der Waals surface area contributed by atoms with Gasteiger partial charge in [0.2, 0.25) is 0 Å². The van der Waals surface area contributed by atoms with Gasteiger partial charge in [-0.2, -0.15) is 0 Å². The molecule has 0 bridgehead atoms. The van der Waals surface area contributed by atoms with Crippen molar-refractivity contribution in [2.45, 2.75) is 25.8 Å². The van der Waals surface area contributed by atoms with Crippen LogP contribution in [-0.4, -0.2) is 6.61 Å². The molecular formula is C13H16BrNO. The number of hydrogen-bond acceptors (Lipinski definition) is 2. The Morgan fingerprint density at radius 1 is 1.56 bits per heavy atom. The Hall–Kier alpha value is -0.980. The zero-order valence-corrected chi connectivity index (χ0v) is 11.0. The van der Waals surface area contributed by atoms with E-state index in [0.717, 1.165) is 28.6 Å². The molecule has 1 atom stereocenters. The lowest BCUT2D eigenvalue weighted by Gasteiger charge is -2.14. The molecule has 0 saturated carbocycles. The van der Waals surface area contributed by atoms with E-state index < -0.39 is 0 Å². The lowest BCUT2D eigenvalue weighted by Crippen LogP contribution is -2.08. The average molecular weight is 282 g/mol. The number of hydrogen-bond donors (Lipinski definition) is 1. The maximum atomic E-state index is 5.87. The molecule has 16 heavy (non-hydrogen) atoms. The number of nitrogens with two attached hydrogens (primary N) is 1. The Morgan fingerprint density at radius 2 is 2.31 bits per heavy atom. The number of halogens is 1. The van der Waals surface area contributed by atoms with E-state index in [0.29, 0.717) is 6.61 Å². The van der Waals surface area contributed by atoms with Crippen molar-refractivity contribution in [2.75, 3.05) is 6.61 Å². The molecule has 0 spiro atoms. The minimum atomic E-state index is -0.0317. The lowest BCUT2D eigenvalue weighted by atomic mass is 10.1. The molecular weight excluding hydrogens is 266 g/mol. The minimum absolute atomic E-state index is 0.0317. The second kappa shape index (κ2) is 6.57. The van der Waals surface area contributed by atoms with Crippen LogP contribution in [0, 0.1) is 12.3 Å². The summed E-state index contributed by atoms with van der Waals surface area (Å²) in [4.78, 5) is 0. The minimum Gasteiger partial charge on any atom is -0.493 e. The third-order valence-corrected chi connectivity index (χ3v) is 2.68. The van der Waals surface area contributed by atoms with Crippen LogP contribution in [0.4, 0.5) is 0 Å². The highest BCUT2D eigenvalue weighted by atomic mass is 79.9. The predicted octanol–water partition coefficient (Wildman–Crippen LogP) is 3.26. The second-order valence-corrected chi connectivity index (χ2v) is 4.54. The molecule has 1 aromatic rings. The Bertz CT molecular complexity index is 382. The molecule has 0 aliphatic rings. The molecule has 86 valence electrons. The predicted molar refractivity (Wildman–Crippen MR) is 70.3 cm³/mol. The van der Waals surface area contributed by atoms with E-state index in [1.807, 2.05) is 25.1 Å². The largest absolute Gasteiger partial charge is 0.493 e. The first-order chi connectivity index (χ1) is 7.65. The third-order valence-electron chi connectivity index (χ3n) is 2.19. The van der Waals surface area contributed by atoms with Gasteiger partial charge in [-0.1, -0.05) is 22.0 Å². The van der Waals surface area contributed by atoms with Gasteiger partial charge in [0, 0.05) is 22.5 Å². The molecule has 3 heteroatoms. The van der Waals surface area contributed by atoms with Crippen molar-refractivity contribution in [3.8, 4) is 18.1 Å². The van der Waals surface area contributed by atoms with Gasteiger partial charge >= 0.3 is 0 Å². The number of rotatable bonds is 5.